The number of nitrogen functional groups attached to an aromatic ring is 1. The van der Waals surface area contributed by atoms with Crippen molar-refractivity contribution in [3.05, 3.63) is 24.8 Å². The van der Waals surface area contributed by atoms with Crippen molar-refractivity contribution in [2.45, 2.75) is 103 Å². The van der Waals surface area contributed by atoms with E-state index in [1.54, 1.807) is 0 Å². The molecule has 144 valence electrons. The van der Waals surface area contributed by atoms with Crippen LogP contribution >= 0.6 is 45.2 Å². The highest BCUT2D eigenvalue weighted by Crippen LogP contribution is 2.24. The van der Waals surface area contributed by atoms with Crippen LogP contribution in [-0.4, -0.2) is 0 Å². The Morgan fingerprint density at radius 2 is 1.00 bits per heavy atom. The van der Waals surface area contributed by atoms with Crippen LogP contribution in [0.1, 0.15) is 102 Å². The number of hydrogen-bond acceptors (Lipinski definition) is 1. The number of aryl methyl sites for hydroxylation is 1. The van der Waals surface area contributed by atoms with Crippen LogP contribution in [0.5, 0.6) is 0 Å². The van der Waals surface area contributed by atoms with E-state index in [1.165, 1.54) is 109 Å². The van der Waals surface area contributed by atoms with Crippen molar-refractivity contribution < 1.29 is 0 Å². The predicted molar refractivity (Wildman–Crippen MR) is 130 cm³/mol. The molecule has 0 heterocycles. The molecule has 0 saturated heterocycles. The summed E-state index contributed by atoms with van der Waals surface area (Å²) < 4.78 is 2.40. The van der Waals surface area contributed by atoms with Gasteiger partial charge in [-0.2, -0.15) is 0 Å². The largest absolute Gasteiger partial charge is 0.397 e. The van der Waals surface area contributed by atoms with E-state index in [1.807, 2.05) is 0 Å². The number of nitrogens with two attached hydrogens (primary N) is 1. The molecule has 0 radical (unpaired) electrons. The Bertz CT molecular complexity index is 436. The lowest BCUT2D eigenvalue weighted by atomic mass is 10.0. The van der Waals surface area contributed by atoms with Crippen molar-refractivity contribution in [2.75, 3.05) is 5.73 Å². The molecule has 1 nitrogen and oxygen atoms in total. The molecule has 0 aliphatic rings. The van der Waals surface area contributed by atoms with Crippen LogP contribution in [0.15, 0.2) is 12.1 Å². The minimum atomic E-state index is 0.936. The van der Waals surface area contributed by atoms with E-state index in [-0.39, 0.29) is 0 Å². The van der Waals surface area contributed by atoms with Gasteiger partial charge in [-0.25, -0.2) is 0 Å². The van der Waals surface area contributed by atoms with Gasteiger partial charge in [0, 0.05) is 7.14 Å². The van der Waals surface area contributed by atoms with Gasteiger partial charge in [0.05, 0.1) is 5.69 Å². The van der Waals surface area contributed by atoms with Crippen LogP contribution < -0.4 is 5.73 Å². The third-order valence-corrected chi connectivity index (χ3v) is 6.74. The predicted octanol–water partition coefficient (Wildman–Crippen LogP) is 8.50. The summed E-state index contributed by atoms with van der Waals surface area (Å²) in [6.45, 7) is 2.29. The first-order valence-electron chi connectivity index (χ1n) is 10.4. The molecule has 1 aromatic carbocycles. The first-order valence-corrected chi connectivity index (χ1v) is 12.5. The summed E-state index contributed by atoms with van der Waals surface area (Å²) in [4.78, 5) is 0. The van der Waals surface area contributed by atoms with Gasteiger partial charge in [-0.15, -0.1) is 0 Å². The summed E-state index contributed by atoms with van der Waals surface area (Å²) >= 11 is 4.69. The highest BCUT2D eigenvalue weighted by Gasteiger charge is 2.04. The minimum Gasteiger partial charge on any atom is -0.397 e. The Kier molecular flexibility index (Phi) is 14.6. The van der Waals surface area contributed by atoms with Crippen LogP contribution in [0.3, 0.4) is 0 Å². The highest BCUT2D eigenvalue weighted by molar-refractivity contribution is 14.1. The number of halogens is 2. The lowest BCUT2D eigenvalue weighted by Crippen LogP contribution is -1.96. The Labute approximate surface area is 183 Å². The molecule has 0 fully saturated rings. The molecule has 0 amide bonds. The minimum absolute atomic E-state index is 0.936. The second-order valence-corrected chi connectivity index (χ2v) is 9.64. The zero-order chi connectivity index (χ0) is 18.3. The zero-order valence-electron chi connectivity index (χ0n) is 16.1. The molecule has 1 rings (SSSR count). The highest BCUT2D eigenvalue weighted by atomic mass is 127. The summed E-state index contributed by atoms with van der Waals surface area (Å²) in [6.07, 6.45) is 21.1. The van der Waals surface area contributed by atoms with Crippen molar-refractivity contribution in [3.63, 3.8) is 0 Å². The van der Waals surface area contributed by atoms with E-state index < -0.39 is 0 Å². The third kappa shape index (κ3) is 11.7. The van der Waals surface area contributed by atoms with Gasteiger partial charge in [0.1, 0.15) is 0 Å². The molecule has 3 heteroatoms. The van der Waals surface area contributed by atoms with Gasteiger partial charge in [-0.05, 0) is 75.7 Å². The van der Waals surface area contributed by atoms with Crippen LogP contribution in [0.25, 0.3) is 0 Å². The maximum absolute atomic E-state index is 6.02. The lowest BCUT2D eigenvalue weighted by molar-refractivity contribution is 0.535. The monoisotopic (exact) mass is 569 g/mol. The fraction of sp³-hybridized carbons (Fsp3) is 0.727. The molecule has 1 aromatic rings. The van der Waals surface area contributed by atoms with Gasteiger partial charge in [-0.3, -0.25) is 0 Å². The average Bonchev–Trinajstić information content (AvgIpc) is 2.60. The molecule has 0 bridgehead atoms. The summed E-state index contributed by atoms with van der Waals surface area (Å²) in [5, 5.41) is 0. The summed E-state index contributed by atoms with van der Waals surface area (Å²) in [5.74, 6) is 0. The molecule has 0 atom stereocenters. The molecule has 25 heavy (non-hydrogen) atoms. The van der Waals surface area contributed by atoms with Gasteiger partial charge >= 0.3 is 0 Å². The number of rotatable bonds is 15. The van der Waals surface area contributed by atoms with Crippen molar-refractivity contribution in [2.24, 2.45) is 0 Å². The van der Waals surface area contributed by atoms with Gasteiger partial charge in [0.2, 0.25) is 0 Å². The van der Waals surface area contributed by atoms with Crippen molar-refractivity contribution in [3.8, 4) is 0 Å². The van der Waals surface area contributed by atoms with E-state index in [4.69, 9.17) is 5.73 Å². The molecule has 0 spiro atoms. The van der Waals surface area contributed by atoms with Gasteiger partial charge < -0.3 is 5.73 Å². The maximum atomic E-state index is 6.02. The normalized spacial score (nSPS) is 11.2. The van der Waals surface area contributed by atoms with Gasteiger partial charge in [-0.1, -0.05) is 90.4 Å². The van der Waals surface area contributed by atoms with E-state index in [2.05, 4.69) is 64.2 Å². The molecule has 0 aliphatic heterocycles. The first kappa shape index (κ1) is 23.5. The second kappa shape index (κ2) is 15.5. The lowest BCUT2D eigenvalue weighted by Gasteiger charge is -2.07. The molecule has 0 aromatic heterocycles. The standard InChI is InChI=1S/C22H37I2N/c1-2-3-4-5-6-7-8-9-10-11-12-13-14-15-16-19-17-20(23)22(25)21(24)18-19/h17-18H,2-16,25H2,1H3. The second-order valence-electron chi connectivity index (χ2n) is 7.32. The van der Waals surface area contributed by atoms with Gasteiger partial charge in [0.25, 0.3) is 0 Å². The summed E-state index contributed by atoms with van der Waals surface area (Å²) in [5.41, 5.74) is 8.40. The molecule has 0 unspecified atom stereocenters. The van der Waals surface area contributed by atoms with E-state index >= 15 is 0 Å². The van der Waals surface area contributed by atoms with E-state index in [0.29, 0.717) is 0 Å². The van der Waals surface area contributed by atoms with Crippen LogP contribution in [0.2, 0.25) is 0 Å². The smallest absolute Gasteiger partial charge is 0.0585 e. The number of hydrogen-bond donors (Lipinski definition) is 1. The maximum Gasteiger partial charge on any atom is 0.0585 e. The van der Waals surface area contributed by atoms with Crippen LogP contribution in [0.4, 0.5) is 5.69 Å². The van der Waals surface area contributed by atoms with E-state index in [9.17, 15) is 0 Å². The third-order valence-electron chi connectivity index (χ3n) is 4.96. The zero-order valence-corrected chi connectivity index (χ0v) is 20.4. The Morgan fingerprint density at radius 3 is 1.40 bits per heavy atom. The van der Waals surface area contributed by atoms with Crippen molar-refractivity contribution >= 4 is 50.9 Å². The fourth-order valence-corrected chi connectivity index (χ4v) is 5.20. The Hall–Kier alpha value is 0.480. The van der Waals surface area contributed by atoms with E-state index in [0.717, 1.165) is 5.69 Å². The molecule has 0 saturated carbocycles. The Morgan fingerprint density at radius 1 is 0.640 bits per heavy atom. The summed E-state index contributed by atoms with van der Waals surface area (Å²) in [7, 11) is 0. The SMILES string of the molecule is CCCCCCCCCCCCCCCCc1cc(I)c(N)c(I)c1. The van der Waals surface area contributed by atoms with Crippen molar-refractivity contribution in [1.82, 2.24) is 0 Å². The topological polar surface area (TPSA) is 26.0 Å². The molecule has 0 aliphatic carbocycles. The number of unbranched alkanes of at least 4 members (excludes halogenated alkanes) is 13. The van der Waals surface area contributed by atoms with Gasteiger partial charge in [0.15, 0.2) is 0 Å². The van der Waals surface area contributed by atoms with Crippen LogP contribution in [-0.2, 0) is 6.42 Å². The number of anilines is 1. The number of benzene rings is 1. The van der Waals surface area contributed by atoms with Crippen molar-refractivity contribution in [1.29, 1.82) is 0 Å². The molecular weight excluding hydrogens is 532 g/mol. The summed E-state index contributed by atoms with van der Waals surface area (Å²) in [6, 6.07) is 4.50. The molecular formula is C22H37I2N. The quantitative estimate of drug-likeness (QED) is 0.128. The average molecular weight is 569 g/mol. The fourth-order valence-electron chi connectivity index (χ4n) is 3.30. The first-order chi connectivity index (χ1) is 12.1. The molecule has 2 N–H and O–H groups in total. The van der Waals surface area contributed by atoms with Crippen LogP contribution in [0, 0.1) is 7.14 Å². The Balaban J connectivity index is 1.89.